The Morgan fingerprint density at radius 2 is 1.57 bits per heavy atom. The number of carboxylic acids is 1. The Morgan fingerprint density at radius 3 is 2.27 bits per heavy atom. The molecule has 0 aliphatic carbocycles. The summed E-state index contributed by atoms with van der Waals surface area (Å²) in [6.07, 6.45) is 1.65. The lowest BCUT2D eigenvalue weighted by Crippen LogP contribution is -2.12. The number of para-hydroxylation sites is 1. The number of carbonyl (C=O) groups is 3. The summed E-state index contributed by atoms with van der Waals surface area (Å²) in [5.41, 5.74) is 8.72. The first-order valence-electron chi connectivity index (χ1n) is 11.2. The fraction of sp³-hybridized carbons (Fsp3) is 0. The van der Waals surface area contributed by atoms with Crippen LogP contribution in [0.3, 0.4) is 0 Å². The van der Waals surface area contributed by atoms with E-state index in [1.165, 1.54) is 23.5 Å². The fourth-order valence-electron chi connectivity index (χ4n) is 3.78. The van der Waals surface area contributed by atoms with Crippen molar-refractivity contribution >= 4 is 34.8 Å². The molecule has 0 saturated carbocycles. The minimum Gasteiger partial charge on any atom is -0.478 e. The van der Waals surface area contributed by atoms with Crippen molar-refractivity contribution in [1.82, 2.24) is 9.78 Å². The lowest BCUT2D eigenvalue weighted by molar-refractivity contribution is 0.0696. The van der Waals surface area contributed by atoms with Crippen molar-refractivity contribution in [3.63, 3.8) is 0 Å². The summed E-state index contributed by atoms with van der Waals surface area (Å²) in [6.45, 7) is 0. The third kappa shape index (κ3) is 5.02. The Balaban J connectivity index is 1.52. The molecule has 9 heteroatoms. The molecule has 5 rings (SSSR count). The molecule has 3 aromatic carbocycles. The van der Waals surface area contributed by atoms with Crippen LogP contribution in [0.1, 0.15) is 31.1 Å². The summed E-state index contributed by atoms with van der Waals surface area (Å²) >= 11 is 1.46. The number of aromatic nitrogens is 2. The number of benzene rings is 3. The van der Waals surface area contributed by atoms with Crippen LogP contribution in [0.2, 0.25) is 0 Å². The zero-order valence-corrected chi connectivity index (χ0v) is 20.1. The van der Waals surface area contributed by atoms with Crippen molar-refractivity contribution in [2.75, 3.05) is 5.32 Å². The van der Waals surface area contributed by atoms with Gasteiger partial charge in [0.05, 0.1) is 21.7 Å². The summed E-state index contributed by atoms with van der Waals surface area (Å²) in [5.74, 6) is -1.99. The summed E-state index contributed by atoms with van der Waals surface area (Å²) in [5, 5.41) is 16.8. The molecule has 0 aliphatic rings. The van der Waals surface area contributed by atoms with Crippen molar-refractivity contribution < 1.29 is 19.5 Å². The van der Waals surface area contributed by atoms with E-state index in [2.05, 4.69) is 5.32 Å². The molecule has 0 bridgehead atoms. The second-order valence-electron chi connectivity index (χ2n) is 8.12. The van der Waals surface area contributed by atoms with Crippen molar-refractivity contribution in [2.24, 2.45) is 5.73 Å². The molecule has 0 fully saturated rings. The van der Waals surface area contributed by atoms with E-state index in [4.69, 9.17) is 10.8 Å². The van der Waals surface area contributed by atoms with Crippen LogP contribution in [0.25, 0.3) is 26.7 Å². The maximum atomic E-state index is 13.4. The Kier molecular flexibility index (Phi) is 6.36. The minimum absolute atomic E-state index is 0.0725. The molecule has 37 heavy (non-hydrogen) atoms. The maximum absolute atomic E-state index is 13.4. The molecular formula is C28H20N4O4S. The van der Waals surface area contributed by atoms with Gasteiger partial charge in [-0.1, -0.05) is 36.4 Å². The number of thiophene rings is 1. The van der Waals surface area contributed by atoms with E-state index >= 15 is 0 Å². The molecule has 5 aromatic rings. The molecular weight excluding hydrogens is 488 g/mol. The lowest BCUT2D eigenvalue weighted by atomic mass is 10.1. The van der Waals surface area contributed by atoms with Crippen LogP contribution in [0.4, 0.5) is 5.69 Å². The van der Waals surface area contributed by atoms with Crippen LogP contribution in [0.5, 0.6) is 0 Å². The molecule has 0 radical (unpaired) electrons. The summed E-state index contributed by atoms with van der Waals surface area (Å²) < 4.78 is 1.64. The van der Waals surface area contributed by atoms with Crippen LogP contribution in [0, 0.1) is 0 Å². The lowest BCUT2D eigenvalue weighted by Gasteiger charge is -2.06. The van der Waals surface area contributed by atoms with Gasteiger partial charge in [0.1, 0.15) is 5.69 Å². The first kappa shape index (κ1) is 23.7. The van der Waals surface area contributed by atoms with Gasteiger partial charge in [0.25, 0.3) is 5.91 Å². The van der Waals surface area contributed by atoms with Crippen molar-refractivity contribution in [1.29, 1.82) is 0 Å². The van der Waals surface area contributed by atoms with Gasteiger partial charge in [0, 0.05) is 22.3 Å². The summed E-state index contributed by atoms with van der Waals surface area (Å²) in [4.78, 5) is 37.8. The smallest absolute Gasteiger partial charge is 0.335 e. The molecule has 2 aromatic heterocycles. The van der Waals surface area contributed by atoms with Crippen molar-refractivity contribution in [3.05, 3.63) is 114 Å². The predicted octanol–water partition coefficient (Wildman–Crippen LogP) is 5.32. The van der Waals surface area contributed by atoms with Gasteiger partial charge < -0.3 is 16.2 Å². The maximum Gasteiger partial charge on any atom is 0.335 e. The zero-order valence-electron chi connectivity index (χ0n) is 19.3. The number of nitrogens with two attached hydrogens (primary N) is 1. The normalized spacial score (nSPS) is 10.7. The topological polar surface area (TPSA) is 127 Å². The van der Waals surface area contributed by atoms with E-state index in [1.807, 2.05) is 54.6 Å². The third-order valence-corrected chi connectivity index (χ3v) is 6.78. The second kappa shape index (κ2) is 9.92. The Hall–Kier alpha value is -5.02. The van der Waals surface area contributed by atoms with Gasteiger partial charge in [-0.15, -0.1) is 11.3 Å². The largest absolute Gasteiger partial charge is 0.478 e. The zero-order chi connectivity index (χ0) is 25.9. The molecule has 0 saturated heterocycles. The Morgan fingerprint density at radius 1 is 0.838 bits per heavy atom. The SMILES string of the molecule is NC(=O)c1ccc(-c2ccc(-c3nn(-c4ccccc4)cc3C(=O)Nc3cccc(C(=O)O)c3)s2)cc1. The van der Waals surface area contributed by atoms with Crippen molar-refractivity contribution in [2.45, 2.75) is 0 Å². The predicted molar refractivity (Wildman–Crippen MR) is 142 cm³/mol. The van der Waals surface area contributed by atoms with Crippen LogP contribution in [-0.4, -0.2) is 32.7 Å². The van der Waals surface area contributed by atoms with Crippen LogP contribution < -0.4 is 11.1 Å². The Labute approximate surface area is 215 Å². The van der Waals surface area contributed by atoms with E-state index in [0.717, 1.165) is 21.0 Å². The van der Waals surface area contributed by atoms with Gasteiger partial charge in [-0.3, -0.25) is 9.59 Å². The third-order valence-electron chi connectivity index (χ3n) is 5.64. The molecule has 0 unspecified atom stereocenters. The number of hydrogen-bond acceptors (Lipinski definition) is 5. The van der Waals surface area contributed by atoms with Gasteiger partial charge >= 0.3 is 5.97 Å². The highest BCUT2D eigenvalue weighted by Crippen LogP contribution is 2.36. The average molecular weight is 509 g/mol. The molecule has 2 heterocycles. The highest BCUT2D eigenvalue weighted by atomic mass is 32.1. The molecule has 4 N–H and O–H groups in total. The highest BCUT2D eigenvalue weighted by Gasteiger charge is 2.21. The van der Waals surface area contributed by atoms with Gasteiger partial charge in [0.2, 0.25) is 5.91 Å². The summed E-state index contributed by atoms with van der Waals surface area (Å²) in [7, 11) is 0. The Bertz CT molecular complexity index is 1620. The average Bonchev–Trinajstić information content (AvgIpc) is 3.57. The first-order chi connectivity index (χ1) is 17.9. The number of hydrogen-bond donors (Lipinski definition) is 3. The van der Waals surface area contributed by atoms with Gasteiger partial charge in [-0.2, -0.15) is 5.10 Å². The van der Waals surface area contributed by atoms with Crippen molar-refractivity contribution in [3.8, 4) is 26.7 Å². The fourth-order valence-corrected chi connectivity index (χ4v) is 4.79. The molecule has 0 spiro atoms. The number of nitrogens with one attached hydrogen (secondary N) is 1. The van der Waals surface area contributed by atoms with Gasteiger partial charge in [-0.05, 0) is 60.2 Å². The number of aromatic carboxylic acids is 1. The molecule has 182 valence electrons. The van der Waals surface area contributed by atoms with E-state index in [1.54, 1.807) is 35.1 Å². The van der Waals surface area contributed by atoms with Crippen LogP contribution in [-0.2, 0) is 0 Å². The number of nitrogens with zero attached hydrogens (tertiary/aromatic N) is 2. The van der Waals surface area contributed by atoms with E-state index in [0.29, 0.717) is 22.5 Å². The van der Waals surface area contributed by atoms with E-state index in [9.17, 15) is 19.5 Å². The number of rotatable bonds is 7. The number of carboxylic acid groups (broad SMARTS) is 1. The van der Waals surface area contributed by atoms with E-state index in [-0.39, 0.29) is 5.56 Å². The monoisotopic (exact) mass is 508 g/mol. The molecule has 8 nitrogen and oxygen atoms in total. The standard InChI is InChI=1S/C28H20N4O4S/c29-26(33)18-11-9-17(10-12-18)23-13-14-24(37-23)25-22(16-32(31-25)21-7-2-1-3-8-21)27(34)30-20-6-4-5-19(15-20)28(35)36/h1-16H,(H2,29,33)(H,30,34)(H,35,36). The molecule has 2 amide bonds. The second-order valence-corrected chi connectivity index (χ2v) is 9.20. The minimum atomic E-state index is -1.08. The number of amides is 2. The molecule has 0 aliphatic heterocycles. The van der Waals surface area contributed by atoms with Crippen LogP contribution >= 0.6 is 11.3 Å². The quantitative estimate of drug-likeness (QED) is 0.274. The van der Waals surface area contributed by atoms with E-state index < -0.39 is 17.8 Å². The number of primary amides is 1. The van der Waals surface area contributed by atoms with Gasteiger partial charge in [0.15, 0.2) is 0 Å². The first-order valence-corrected chi connectivity index (χ1v) is 12.0. The van der Waals surface area contributed by atoms with Crippen LogP contribution in [0.15, 0.2) is 97.2 Å². The summed E-state index contributed by atoms with van der Waals surface area (Å²) in [6, 6.07) is 26.3. The number of carbonyl (C=O) groups excluding carboxylic acids is 2. The van der Waals surface area contributed by atoms with Gasteiger partial charge in [-0.25, -0.2) is 9.48 Å². The molecule has 0 atom stereocenters. The highest BCUT2D eigenvalue weighted by molar-refractivity contribution is 7.18. The number of anilines is 1.